The summed E-state index contributed by atoms with van der Waals surface area (Å²) in [5.41, 5.74) is 4.48. The van der Waals surface area contributed by atoms with Crippen molar-refractivity contribution in [1.29, 1.82) is 0 Å². The fourth-order valence-corrected chi connectivity index (χ4v) is 3.64. The number of carbonyl (C=O) groups excluding carboxylic acids is 1. The molecular weight excluding hydrogens is 340 g/mol. The Labute approximate surface area is 156 Å². The van der Waals surface area contributed by atoms with Crippen molar-refractivity contribution in [1.82, 2.24) is 10.3 Å². The molecule has 0 aliphatic rings. The zero-order valence-corrected chi connectivity index (χ0v) is 15.2. The lowest BCUT2D eigenvalue weighted by atomic mass is 10.0. The van der Waals surface area contributed by atoms with Crippen molar-refractivity contribution in [3.05, 3.63) is 88.1 Å². The van der Waals surface area contributed by atoms with Crippen LogP contribution in [0.3, 0.4) is 0 Å². The van der Waals surface area contributed by atoms with Crippen molar-refractivity contribution in [2.45, 2.75) is 13.5 Å². The highest BCUT2D eigenvalue weighted by Crippen LogP contribution is 2.25. The molecule has 1 N–H and O–H groups in total. The molecule has 0 fully saturated rings. The highest BCUT2D eigenvalue weighted by molar-refractivity contribution is 7.09. The minimum Gasteiger partial charge on any atom is -0.347 e. The van der Waals surface area contributed by atoms with Crippen LogP contribution < -0.4 is 5.32 Å². The number of pyridine rings is 1. The zero-order chi connectivity index (χ0) is 17.9. The summed E-state index contributed by atoms with van der Waals surface area (Å²) in [6.07, 6.45) is 0. The Kier molecular flexibility index (Phi) is 4.50. The van der Waals surface area contributed by atoms with Crippen molar-refractivity contribution < 1.29 is 4.79 Å². The van der Waals surface area contributed by atoms with Crippen LogP contribution in [0, 0.1) is 6.92 Å². The second-order valence-corrected chi connectivity index (χ2v) is 7.24. The normalized spacial score (nSPS) is 10.8. The van der Waals surface area contributed by atoms with Crippen molar-refractivity contribution >= 4 is 28.1 Å². The molecule has 0 aliphatic carbocycles. The largest absolute Gasteiger partial charge is 0.347 e. The predicted molar refractivity (Wildman–Crippen MR) is 107 cm³/mol. The fraction of sp³-hybridized carbons (Fsp3) is 0.0909. The maximum Gasteiger partial charge on any atom is 0.252 e. The molecule has 0 bridgehead atoms. The number of thiophene rings is 1. The summed E-state index contributed by atoms with van der Waals surface area (Å²) in [6.45, 7) is 2.59. The highest BCUT2D eigenvalue weighted by atomic mass is 32.1. The minimum atomic E-state index is -0.0779. The van der Waals surface area contributed by atoms with E-state index in [9.17, 15) is 4.79 Å². The van der Waals surface area contributed by atoms with Crippen LogP contribution in [0.15, 0.2) is 72.1 Å². The standard InChI is InChI=1S/C22H18N2OS/c1-15-6-4-7-16(12-15)21-13-19(18-9-2-3-10-20(18)24-21)22(25)23-14-17-8-5-11-26-17/h2-13H,14H2,1H3,(H,23,25). The first-order valence-electron chi connectivity index (χ1n) is 8.48. The molecule has 2 heterocycles. The molecule has 1 amide bonds. The van der Waals surface area contributed by atoms with Gasteiger partial charge in [0.05, 0.1) is 23.3 Å². The lowest BCUT2D eigenvalue weighted by Crippen LogP contribution is -2.22. The van der Waals surface area contributed by atoms with E-state index in [1.807, 2.05) is 60.0 Å². The molecule has 0 saturated heterocycles. The Bertz CT molecular complexity index is 1070. The summed E-state index contributed by atoms with van der Waals surface area (Å²) in [6, 6.07) is 21.9. The molecule has 4 aromatic rings. The van der Waals surface area contributed by atoms with Gasteiger partial charge in [-0.1, -0.05) is 48.0 Å². The van der Waals surface area contributed by atoms with E-state index in [1.165, 1.54) is 5.56 Å². The zero-order valence-electron chi connectivity index (χ0n) is 14.4. The Morgan fingerprint density at radius 2 is 1.92 bits per heavy atom. The van der Waals surface area contributed by atoms with Crippen LogP contribution in [0.25, 0.3) is 22.2 Å². The van der Waals surface area contributed by atoms with Gasteiger partial charge in [-0.2, -0.15) is 0 Å². The van der Waals surface area contributed by atoms with Gasteiger partial charge in [0.1, 0.15) is 0 Å². The number of carbonyl (C=O) groups is 1. The van der Waals surface area contributed by atoms with Gasteiger partial charge in [0.2, 0.25) is 0 Å². The maximum absolute atomic E-state index is 12.9. The Balaban J connectivity index is 1.75. The summed E-state index contributed by atoms with van der Waals surface area (Å²) in [7, 11) is 0. The number of nitrogens with zero attached hydrogens (tertiary/aromatic N) is 1. The monoisotopic (exact) mass is 358 g/mol. The predicted octanol–water partition coefficient (Wildman–Crippen LogP) is 5.20. The summed E-state index contributed by atoms with van der Waals surface area (Å²) in [5.74, 6) is -0.0779. The third-order valence-corrected chi connectivity index (χ3v) is 5.15. The van der Waals surface area contributed by atoms with Gasteiger partial charge in [-0.3, -0.25) is 4.79 Å². The van der Waals surface area contributed by atoms with Crippen molar-refractivity contribution in [2.75, 3.05) is 0 Å². The Morgan fingerprint density at radius 3 is 2.73 bits per heavy atom. The van der Waals surface area contributed by atoms with Crippen molar-refractivity contribution in [3.63, 3.8) is 0 Å². The minimum absolute atomic E-state index is 0.0779. The molecule has 2 aromatic heterocycles. The second kappa shape index (κ2) is 7.10. The van der Waals surface area contributed by atoms with E-state index in [0.717, 1.165) is 27.0 Å². The quantitative estimate of drug-likeness (QED) is 0.545. The SMILES string of the molecule is Cc1cccc(-c2cc(C(=O)NCc3cccs3)c3ccccc3n2)c1. The number of amides is 1. The van der Waals surface area contributed by atoms with Gasteiger partial charge in [0.25, 0.3) is 5.91 Å². The number of aromatic nitrogens is 1. The average molecular weight is 358 g/mol. The van der Waals surface area contributed by atoms with Crippen LogP contribution in [0.2, 0.25) is 0 Å². The summed E-state index contributed by atoms with van der Waals surface area (Å²) >= 11 is 1.64. The molecule has 4 rings (SSSR count). The lowest BCUT2D eigenvalue weighted by Gasteiger charge is -2.10. The van der Waals surface area contributed by atoms with Crippen LogP contribution in [0.5, 0.6) is 0 Å². The van der Waals surface area contributed by atoms with Crippen LogP contribution in [0.1, 0.15) is 20.8 Å². The number of aryl methyl sites for hydroxylation is 1. The van der Waals surface area contributed by atoms with Crippen LogP contribution >= 0.6 is 11.3 Å². The molecule has 0 atom stereocenters. The third kappa shape index (κ3) is 3.37. The van der Waals surface area contributed by atoms with Gasteiger partial charge in [-0.25, -0.2) is 4.98 Å². The molecule has 0 radical (unpaired) electrons. The number of para-hydroxylation sites is 1. The molecule has 0 aliphatic heterocycles. The van der Waals surface area contributed by atoms with E-state index in [-0.39, 0.29) is 5.91 Å². The third-order valence-electron chi connectivity index (χ3n) is 4.28. The molecule has 26 heavy (non-hydrogen) atoms. The second-order valence-electron chi connectivity index (χ2n) is 6.20. The number of hydrogen-bond acceptors (Lipinski definition) is 3. The molecule has 0 unspecified atom stereocenters. The topological polar surface area (TPSA) is 42.0 Å². The molecule has 3 nitrogen and oxygen atoms in total. The summed E-state index contributed by atoms with van der Waals surface area (Å²) in [5, 5.41) is 5.91. The average Bonchev–Trinajstić information content (AvgIpc) is 3.19. The van der Waals surface area contributed by atoms with Crippen molar-refractivity contribution in [3.8, 4) is 11.3 Å². The first-order chi connectivity index (χ1) is 12.7. The molecule has 2 aromatic carbocycles. The van der Waals surface area contributed by atoms with E-state index in [2.05, 4.69) is 24.4 Å². The maximum atomic E-state index is 12.9. The van der Waals surface area contributed by atoms with Gasteiger partial charge in [-0.15, -0.1) is 11.3 Å². The number of benzene rings is 2. The van der Waals surface area contributed by atoms with E-state index < -0.39 is 0 Å². The van der Waals surface area contributed by atoms with E-state index in [1.54, 1.807) is 11.3 Å². The van der Waals surface area contributed by atoms with Crippen LogP contribution in [-0.4, -0.2) is 10.9 Å². The van der Waals surface area contributed by atoms with Gasteiger partial charge >= 0.3 is 0 Å². The summed E-state index contributed by atoms with van der Waals surface area (Å²) in [4.78, 5) is 18.8. The number of nitrogens with one attached hydrogen (secondary N) is 1. The number of rotatable bonds is 4. The number of hydrogen-bond donors (Lipinski definition) is 1. The molecule has 0 saturated carbocycles. The van der Waals surface area contributed by atoms with Gasteiger partial charge in [0.15, 0.2) is 0 Å². The fourth-order valence-electron chi connectivity index (χ4n) is 2.99. The van der Waals surface area contributed by atoms with E-state index >= 15 is 0 Å². The highest BCUT2D eigenvalue weighted by Gasteiger charge is 2.14. The molecule has 4 heteroatoms. The van der Waals surface area contributed by atoms with E-state index in [0.29, 0.717) is 12.1 Å². The summed E-state index contributed by atoms with van der Waals surface area (Å²) < 4.78 is 0. The van der Waals surface area contributed by atoms with Gasteiger partial charge < -0.3 is 5.32 Å². The first-order valence-corrected chi connectivity index (χ1v) is 9.36. The molecular formula is C22H18N2OS. The van der Waals surface area contributed by atoms with Crippen LogP contribution in [0.4, 0.5) is 0 Å². The first kappa shape index (κ1) is 16.5. The Morgan fingerprint density at radius 1 is 1.04 bits per heavy atom. The lowest BCUT2D eigenvalue weighted by molar-refractivity contribution is 0.0953. The van der Waals surface area contributed by atoms with Crippen LogP contribution in [-0.2, 0) is 6.54 Å². The number of fused-ring (bicyclic) bond motifs is 1. The Hall–Kier alpha value is -2.98. The smallest absolute Gasteiger partial charge is 0.252 e. The van der Waals surface area contributed by atoms with Gasteiger partial charge in [0, 0.05) is 15.8 Å². The molecule has 128 valence electrons. The van der Waals surface area contributed by atoms with Gasteiger partial charge in [-0.05, 0) is 36.6 Å². The van der Waals surface area contributed by atoms with E-state index in [4.69, 9.17) is 4.98 Å². The van der Waals surface area contributed by atoms with Crippen molar-refractivity contribution in [2.24, 2.45) is 0 Å². The molecule has 0 spiro atoms.